The van der Waals surface area contributed by atoms with Gasteiger partial charge in [-0.3, -0.25) is 0 Å². The molecule has 2 heterocycles. The van der Waals surface area contributed by atoms with Gasteiger partial charge in [-0.05, 0) is 0 Å². The molecule has 0 unspecified atom stereocenters. The van der Waals surface area contributed by atoms with Crippen LogP contribution in [-0.2, 0) is 9.59 Å². The van der Waals surface area contributed by atoms with E-state index >= 15 is 0 Å². The van der Waals surface area contributed by atoms with Crippen LogP contribution in [-0.4, -0.2) is 11.8 Å². The van der Waals surface area contributed by atoms with Crippen molar-refractivity contribution < 1.29 is 9.59 Å². The van der Waals surface area contributed by atoms with Crippen LogP contribution in [0.1, 0.15) is 0 Å². The van der Waals surface area contributed by atoms with Crippen LogP contribution in [0.4, 0.5) is 0 Å². The van der Waals surface area contributed by atoms with Gasteiger partial charge in [0.1, 0.15) is 0 Å². The first-order valence-electron chi connectivity index (χ1n) is 2.37. The van der Waals surface area contributed by atoms with Crippen LogP contribution in [0.5, 0.6) is 0 Å². The van der Waals surface area contributed by atoms with E-state index < -0.39 is 8.58 Å². The summed E-state index contributed by atoms with van der Waals surface area (Å²) in [7, 11) is -0.431. The first-order valence-corrected chi connectivity index (χ1v) is 3.78. The molecule has 0 saturated carbocycles. The molecule has 0 fully saturated rings. The van der Waals surface area contributed by atoms with E-state index in [1.54, 1.807) is 0 Å². The molecule has 2 aliphatic rings. The van der Waals surface area contributed by atoms with Gasteiger partial charge in [-0.25, -0.2) is 0 Å². The van der Waals surface area contributed by atoms with Gasteiger partial charge in [-0.15, -0.1) is 0 Å². The van der Waals surface area contributed by atoms with Crippen molar-refractivity contribution in [1.29, 1.82) is 0 Å². The quantitative estimate of drug-likeness (QED) is 0.337. The Morgan fingerprint density at radius 3 is 1.75 bits per heavy atom. The number of carbonyl (C=O) groups excluding carboxylic acids is 2. The molecule has 1 N–H and O–H groups in total. The van der Waals surface area contributed by atoms with Crippen molar-refractivity contribution in [2.24, 2.45) is 0 Å². The number of nitrogens with one attached hydrogen (secondary N) is 1. The topological polar surface area (TPSA) is 46.2 Å². The summed E-state index contributed by atoms with van der Waals surface area (Å²) in [5.74, 6) is -0.256. The summed E-state index contributed by atoms with van der Waals surface area (Å²) >= 11 is 0. The predicted octanol–water partition coefficient (Wildman–Crippen LogP) is -0.989. The molecule has 0 radical (unpaired) electrons. The van der Waals surface area contributed by atoms with Crippen molar-refractivity contribution >= 4 is 20.4 Å². The molecule has 0 aromatic rings. The van der Waals surface area contributed by atoms with E-state index in [-0.39, 0.29) is 11.8 Å². The zero-order valence-corrected chi connectivity index (χ0v) is 5.44. The zero-order chi connectivity index (χ0) is 5.72. The third-order valence-corrected chi connectivity index (χ3v) is 3.07. The summed E-state index contributed by atoms with van der Waals surface area (Å²) in [5.41, 5.74) is 0. The second-order valence-electron chi connectivity index (χ2n) is 1.92. The number of hydrogen-bond donors (Lipinski definition) is 1. The summed E-state index contributed by atoms with van der Waals surface area (Å²) in [6, 6.07) is 0. The van der Waals surface area contributed by atoms with Crippen LogP contribution in [0.25, 0.3) is 0 Å². The van der Waals surface area contributed by atoms with Crippen LogP contribution >= 0.6 is 8.58 Å². The summed E-state index contributed by atoms with van der Waals surface area (Å²) < 4.78 is 0. The second kappa shape index (κ2) is 1.00. The van der Waals surface area contributed by atoms with Crippen LogP contribution < -0.4 is 5.32 Å². The second-order valence-corrected chi connectivity index (χ2v) is 3.68. The maximum atomic E-state index is 10.5. The van der Waals surface area contributed by atoms with Gasteiger partial charge in [0.15, 0.2) is 0 Å². The zero-order valence-electron chi connectivity index (χ0n) is 4.02. The molecule has 0 atom stereocenters. The van der Waals surface area contributed by atoms with E-state index in [4.69, 9.17) is 0 Å². The van der Waals surface area contributed by atoms with Gasteiger partial charge < -0.3 is 0 Å². The Bertz CT molecular complexity index is 208. The van der Waals surface area contributed by atoms with Crippen molar-refractivity contribution in [2.75, 3.05) is 0 Å². The Hall–Kier alpha value is -0.690. The van der Waals surface area contributed by atoms with E-state index in [1.807, 2.05) is 0 Å². The Labute approximate surface area is 46.9 Å². The van der Waals surface area contributed by atoms with Gasteiger partial charge in [0, 0.05) is 0 Å². The van der Waals surface area contributed by atoms with Gasteiger partial charge in [0.05, 0.1) is 0 Å². The molecule has 4 heteroatoms. The summed E-state index contributed by atoms with van der Waals surface area (Å²) in [5, 5.41) is 3.86. The average Bonchev–Trinajstić information content (AvgIpc) is 2.35. The average molecular weight is 129 g/mol. The molecule has 2 amide bonds. The van der Waals surface area contributed by atoms with E-state index in [1.165, 1.54) is 0 Å². The normalized spacial score (nSPS) is 24.5. The van der Waals surface area contributed by atoms with Crippen LogP contribution in [0.3, 0.4) is 0 Å². The minimum atomic E-state index is -0.431. The molecular weight excluding hydrogens is 125 g/mol. The Kier molecular flexibility index (Phi) is 0.529. The summed E-state index contributed by atoms with van der Waals surface area (Å²) in [6.07, 6.45) is 0. The molecule has 2 rings (SSSR count). The third kappa shape index (κ3) is 0.329. The van der Waals surface area contributed by atoms with Crippen molar-refractivity contribution in [3.63, 3.8) is 0 Å². The molecule has 0 saturated heterocycles. The van der Waals surface area contributed by atoms with E-state index in [2.05, 4.69) is 5.32 Å². The number of hydrogen-bond acceptors (Lipinski definition) is 2. The van der Waals surface area contributed by atoms with Crippen molar-refractivity contribution in [1.82, 2.24) is 5.32 Å². The molecule has 0 spiro atoms. The number of imide groups is 1. The van der Waals surface area contributed by atoms with Crippen LogP contribution in [0, 0.1) is 0 Å². The fourth-order valence-corrected chi connectivity index (χ4v) is 1.91. The number of amides is 2. The van der Waals surface area contributed by atoms with Crippen molar-refractivity contribution in [3.05, 3.63) is 10.6 Å². The first-order chi connectivity index (χ1) is 3.79. The van der Waals surface area contributed by atoms with Gasteiger partial charge in [-0.2, -0.15) is 0 Å². The minimum absolute atomic E-state index is 0.128. The Balaban J connectivity index is 2.48. The molecule has 42 valence electrons. The molecule has 2 aliphatic heterocycles. The fraction of sp³-hybridized carbons (Fsp3) is 0. The molecular formula is C4H4NO2P. The molecule has 0 aliphatic carbocycles. The summed E-state index contributed by atoms with van der Waals surface area (Å²) in [6.45, 7) is 0. The van der Waals surface area contributed by atoms with E-state index in [0.717, 1.165) is 10.6 Å². The van der Waals surface area contributed by atoms with Gasteiger partial charge >= 0.3 is 45.9 Å². The van der Waals surface area contributed by atoms with E-state index in [0.29, 0.717) is 0 Å². The molecule has 0 bridgehead atoms. The van der Waals surface area contributed by atoms with Crippen molar-refractivity contribution in [2.45, 2.75) is 0 Å². The van der Waals surface area contributed by atoms with Crippen LogP contribution in [0.2, 0.25) is 0 Å². The first kappa shape index (κ1) is 4.21. The number of rotatable bonds is 0. The van der Waals surface area contributed by atoms with Gasteiger partial charge in [0.25, 0.3) is 0 Å². The van der Waals surface area contributed by atoms with Crippen LogP contribution in [0.15, 0.2) is 10.6 Å². The Morgan fingerprint density at radius 2 is 1.62 bits per heavy atom. The Morgan fingerprint density at radius 1 is 1.12 bits per heavy atom. The van der Waals surface area contributed by atoms with Gasteiger partial charge in [0.2, 0.25) is 0 Å². The molecule has 0 aromatic heterocycles. The molecule has 8 heavy (non-hydrogen) atoms. The monoisotopic (exact) mass is 129 g/mol. The van der Waals surface area contributed by atoms with E-state index in [9.17, 15) is 9.59 Å². The maximum absolute atomic E-state index is 10.5. The summed E-state index contributed by atoms with van der Waals surface area (Å²) in [4.78, 5) is 20.9. The predicted molar refractivity (Wildman–Crippen MR) is 31.3 cm³/mol. The fourth-order valence-electron chi connectivity index (χ4n) is 0.821. The standard InChI is InChI=1S/C4H4NO2P/c6-3-1-2(8-1)4(7)5-3/h8H3,(H,5,6,7). The number of carbonyl (C=O) groups is 2. The SMILES string of the molecule is O=C1NC(=O)C2=C1[PH3]2. The van der Waals surface area contributed by atoms with Crippen molar-refractivity contribution in [3.8, 4) is 0 Å². The van der Waals surface area contributed by atoms with Gasteiger partial charge in [-0.1, -0.05) is 0 Å². The molecule has 0 aromatic carbocycles. The third-order valence-electron chi connectivity index (χ3n) is 1.37. The molecule has 3 nitrogen and oxygen atoms in total.